The van der Waals surface area contributed by atoms with Crippen LogP contribution in [0.3, 0.4) is 0 Å². The Labute approximate surface area is 151 Å². The summed E-state index contributed by atoms with van der Waals surface area (Å²) in [6.45, 7) is 15.4. The first-order chi connectivity index (χ1) is 11.6. The zero-order valence-corrected chi connectivity index (χ0v) is 17.3. The molecule has 0 radical (unpaired) electrons. The van der Waals surface area contributed by atoms with Crippen LogP contribution in [0.1, 0.15) is 96.3 Å². The third-order valence-corrected chi connectivity index (χ3v) is 7.36. The highest BCUT2D eigenvalue weighted by Crippen LogP contribution is 2.62. The Morgan fingerprint density at radius 2 is 1.67 bits per heavy atom. The van der Waals surface area contributed by atoms with Crippen molar-refractivity contribution in [3.8, 4) is 0 Å². The van der Waals surface area contributed by atoms with Gasteiger partial charge in [-0.05, 0) is 85.7 Å². The van der Waals surface area contributed by atoms with Crippen molar-refractivity contribution >= 4 is 0 Å². The van der Waals surface area contributed by atoms with Gasteiger partial charge in [0.25, 0.3) is 0 Å². The van der Waals surface area contributed by atoms with Gasteiger partial charge in [-0.3, -0.25) is 0 Å². The van der Waals surface area contributed by atoms with Gasteiger partial charge in [-0.15, -0.1) is 0 Å². The first-order valence-corrected chi connectivity index (χ1v) is 10.7. The highest BCUT2D eigenvalue weighted by molar-refractivity contribution is 5.37. The summed E-state index contributed by atoms with van der Waals surface area (Å²) >= 11 is 0. The molecule has 2 fully saturated rings. The summed E-state index contributed by atoms with van der Waals surface area (Å²) in [6, 6.07) is 7.26. The van der Waals surface area contributed by atoms with Crippen LogP contribution in [0.2, 0.25) is 0 Å². The van der Waals surface area contributed by atoms with Gasteiger partial charge in [-0.25, -0.2) is 0 Å². The van der Waals surface area contributed by atoms with Gasteiger partial charge in [0, 0.05) is 0 Å². The van der Waals surface area contributed by atoms with Crippen molar-refractivity contribution in [2.24, 2.45) is 23.2 Å². The van der Waals surface area contributed by atoms with E-state index in [1.807, 2.05) is 27.7 Å². The molecule has 0 amide bonds. The van der Waals surface area contributed by atoms with Gasteiger partial charge in [0.1, 0.15) is 0 Å². The lowest BCUT2D eigenvalue weighted by atomic mass is 9.54. The molecule has 136 valence electrons. The summed E-state index contributed by atoms with van der Waals surface area (Å²) in [7, 11) is 0. The largest absolute Gasteiger partial charge is 0.0683 e. The molecule has 5 atom stereocenters. The lowest BCUT2D eigenvalue weighted by Gasteiger charge is -2.50. The van der Waals surface area contributed by atoms with Crippen LogP contribution >= 0.6 is 0 Å². The lowest BCUT2D eigenvalue weighted by molar-refractivity contribution is 0.0337. The monoisotopic (exact) mass is 328 g/mol. The fourth-order valence-electron chi connectivity index (χ4n) is 5.97. The molecule has 1 aromatic carbocycles. The third-order valence-electron chi connectivity index (χ3n) is 7.36. The average Bonchev–Trinajstić information content (AvgIpc) is 2.93. The van der Waals surface area contributed by atoms with Crippen LogP contribution in [0.15, 0.2) is 18.2 Å². The Balaban J connectivity index is 0.000000487. The van der Waals surface area contributed by atoms with E-state index in [1.54, 1.807) is 11.1 Å². The quantitative estimate of drug-likeness (QED) is 0.461. The normalized spacial score (nSPS) is 36.1. The van der Waals surface area contributed by atoms with E-state index in [4.69, 9.17) is 0 Å². The molecule has 24 heavy (non-hydrogen) atoms. The second-order valence-electron chi connectivity index (χ2n) is 8.14. The first kappa shape index (κ1) is 19.5. The maximum atomic E-state index is 2.61. The van der Waals surface area contributed by atoms with Crippen LogP contribution in [-0.2, 0) is 6.42 Å². The zero-order valence-electron chi connectivity index (χ0n) is 17.3. The van der Waals surface area contributed by atoms with Gasteiger partial charge in [0.15, 0.2) is 0 Å². The molecule has 0 bridgehead atoms. The van der Waals surface area contributed by atoms with Gasteiger partial charge >= 0.3 is 0 Å². The molecule has 0 N–H and O–H groups in total. The fourth-order valence-corrected chi connectivity index (χ4v) is 5.97. The van der Waals surface area contributed by atoms with Crippen molar-refractivity contribution in [1.29, 1.82) is 0 Å². The molecular formula is C24H40. The summed E-state index contributed by atoms with van der Waals surface area (Å²) in [6.07, 6.45) is 8.67. The zero-order chi connectivity index (χ0) is 17.9. The Hall–Kier alpha value is -0.780. The van der Waals surface area contributed by atoms with E-state index >= 15 is 0 Å². The summed E-state index contributed by atoms with van der Waals surface area (Å²) in [5.41, 5.74) is 5.48. The van der Waals surface area contributed by atoms with E-state index < -0.39 is 0 Å². The SMILES string of the molecule is CC.CC.Cc1ccc2c(c1)CCC1C2CC[C@]2(C)C(C)CCC12. The molecule has 0 nitrogen and oxygen atoms in total. The molecule has 0 heteroatoms. The van der Waals surface area contributed by atoms with Crippen LogP contribution < -0.4 is 0 Å². The Kier molecular flexibility index (Phi) is 6.57. The molecule has 2 saturated carbocycles. The van der Waals surface area contributed by atoms with E-state index in [0.29, 0.717) is 5.41 Å². The Morgan fingerprint density at radius 3 is 2.38 bits per heavy atom. The summed E-state index contributed by atoms with van der Waals surface area (Å²) in [4.78, 5) is 0. The minimum Gasteiger partial charge on any atom is -0.0683 e. The van der Waals surface area contributed by atoms with E-state index in [-0.39, 0.29) is 0 Å². The van der Waals surface area contributed by atoms with Crippen molar-refractivity contribution in [3.05, 3.63) is 34.9 Å². The second-order valence-corrected chi connectivity index (χ2v) is 8.14. The van der Waals surface area contributed by atoms with E-state index in [1.165, 1.54) is 44.1 Å². The molecule has 4 rings (SSSR count). The lowest BCUT2D eigenvalue weighted by Crippen LogP contribution is -2.41. The van der Waals surface area contributed by atoms with Crippen molar-refractivity contribution in [1.82, 2.24) is 0 Å². The molecule has 0 spiro atoms. The summed E-state index contributed by atoms with van der Waals surface area (Å²) in [5, 5.41) is 0. The smallest absolute Gasteiger partial charge is 0.0128 e. The highest BCUT2D eigenvalue weighted by atomic mass is 14.6. The Bertz CT molecular complexity index is 529. The predicted octanol–water partition coefficient (Wildman–Crippen LogP) is 7.54. The van der Waals surface area contributed by atoms with Gasteiger partial charge < -0.3 is 0 Å². The molecule has 4 unspecified atom stereocenters. The number of rotatable bonds is 0. The maximum absolute atomic E-state index is 2.61. The van der Waals surface area contributed by atoms with E-state index in [0.717, 1.165) is 23.7 Å². The number of hydrogen-bond acceptors (Lipinski definition) is 0. The van der Waals surface area contributed by atoms with Crippen molar-refractivity contribution in [3.63, 3.8) is 0 Å². The van der Waals surface area contributed by atoms with Crippen LogP contribution in [-0.4, -0.2) is 0 Å². The summed E-state index contributed by atoms with van der Waals surface area (Å²) in [5.74, 6) is 3.81. The van der Waals surface area contributed by atoms with Gasteiger partial charge in [-0.2, -0.15) is 0 Å². The van der Waals surface area contributed by atoms with Gasteiger partial charge in [0.05, 0.1) is 0 Å². The highest BCUT2D eigenvalue weighted by Gasteiger charge is 2.53. The van der Waals surface area contributed by atoms with Gasteiger partial charge in [-0.1, -0.05) is 65.3 Å². The molecule has 0 saturated heterocycles. The minimum atomic E-state index is 0.656. The first-order valence-electron chi connectivity index (χ1n) is 10.7. The molecule has 3 aliphatic carbocycles. The molecule has 3 aliphatic rings. The molecule has 0 aromatic heterocycles. The summed E-state index contributed by atoms with van der Waals surface area (Å²) < 4.78 is 0. The number of hydrogen-bond donors (Lipinski definition) is 0. The van der Waals surface area contributed by atoms with Crippen LogP contribution in [0.4, 0.5) is 0 Å². The standard InChI is InChI=1S/C20H28.2C2H6/c1-13-4-7-16-15(12-13)6-8-18-17(16)10-11-20(3)14(2)5-9-19(18)20;2*1-2/h4,7,12,14,17-19H,5-6,8-11H2,1-3H3;2*1-2H3/t14?,17?,18?,19?,20-;;/m1../s1. The number of fused-ring (bicyclic) bond motifs is 5. The predicted molar refractivity (Wildman–Crippen MR) is 108 cm³/mol. The van der Waals surface area contributed by atoms with E-state index in [9.17, 15) is 0 Å². The van der Waals surface area contributed by atoms with Crippen molar-refractivity contribution in [2.45, 2.75) is 92.9 Å². The van der Waals surface area contributed by atoms with Crippen LogP contribution in [0, 0.1) is 30.1 Å². The fraction of sp³-hybridized carbons (Fsp3) is 0.750. The topological polar surface area (TPSA) is 0 Å². The molecule has 1 aromatic rings. The van der Waals surface area contributed by atoms with Crippen molar-refractivity contribution in [2.75, 3.05) is 0 Å². The number of benzene rings is 1. The maximum Gasteiger partial charge on any atom is -0.0128 e. The molecular weight excluding hydrogens is 288 g/mol. The molecule has 0 heterocycles. The van der Waals surface area contributed by atoms with Crippen LogP contribution in [0.5, 0.6) is 0 Å². The third kappa shape index (κ3) is 3.18. The Morgan fingerprint density at radius 1 is 0.958 bits per heavy atom. The second kappa shape index (κ2) is 8.07. The minimum absolute atomic E-state index is 0.656. The van der Waals surface area contributed by atoms with Crippen LogP contribution in [0.25, 0.3) is 0 Å². The number of aryl methyl sites for hydroxylation is 2. The molecule has 0 aliphatic heterocycles. The van der Waals surface area contributed by atoms with Gasteiger partial charge in [0.2, 0.25) is 0 Å². The van der Waals surface area contributed by atoms with Crippen molar-refractivity contribution < 1.29 is 0 Å². The van der Waals surface area contributed by atoms with E-state index in [2.05, 4.69) is 39.0 Å². The average molecular weight is 329 g/mol.